The van der Waals surface area contributed by atoms with Crippen LogP contribution in [-0.4, -0.2) is 30.7 Å². The van der Waals surface area contributed by atoms with Gasteiger partial charge < -0.3 is 15.4 Å². The van der Waals surface area contributed by atoms with Crippen molar-refractivity contribution in [2.75, 3.05) is 25.5 Å². The van der Waals surface area contributed by atoms with Gasteiger partial charge in [-0.1, -0.05) is 0 Å². The predicted octanol–water partition coefficient (Wildman–Crippen LogP) is 1.89. The topological polar surface area (TPSA) is 46.2 Å². The monoisotopic (exact) mass is 223 g/mol. The summed E-state index contributed by atoms with van der Waals surface area (Å²) in [6.45, 7) is 8.27. The third kappa shape index (κ3) is 4.98. The molecule has 0 aromatic carbocycles. The van der Waals surface area contributed by atoms with E-state index in [4.69, 9.17) is 4.74 Å². The molecule has 0 atom stereocenters. The van der Waals surface area contributed by atoms with E-state index in [1.54, 1.807) is 13.3 Å². The highest BCUT2D eigenvalue weighted by Crippen LogP contribution is 2.10. The van der Waals surface area contributed by atoms with Crippen LogP contribution in [0.4, 0.5) is 5.69 Å². The molecule has 2 N–H and O–H groups in total. The first-order chi connectivity index (χ1) is 7.51. The van der Waals surface area contributed by atoms with Gasteiger partial charge in [-0.2, -0.15) is 0 Å². The number of nitrogens with one attached hydrogen (secondary N) is 2. The molecule has 0 aliphatic carbocycles. The van der Waals surface area contributed by atoms with Crippen molar-refractivity contribution in [3.63, 3.8) is 0 Å². The molecule has 4 heteroatoms. The minimum absolute atomic E-state index is 0.167. The van der Waals surface area contributed by atoms with Crippen LogP contribution in [0.25, 0.3) is 0 Å². The van der Waals surface area contributed by atoms with Gasteiger partial charge in [0.15, 0.2) is 0 Å². The van der Waals surface area contributed by atoms with Crippen LogP contribution in [0.5, 0.6) is 5.88 Å². The maximum Gasteiger partial charge on any atom is 0.213 e. The Bertz CT molecular complexity index is 303. The smallest absolute Gasteiger partial charge is 0.213 e. The van der Waals surface area contributed by atoms with E-state index in [1.165, 1.54) is 0 Å². The van der Waals surface area contributed by atoms with E-state index in [1.807, 2.05) is 12.1 Å². The summed E-state index contributed by atoms with van der Waals surface area (Å²) in [7, 11) is 1.61. The number of aromatic nitrogens is 1. The highest BCUT2D eigenvalue weighted by molar-refractivity contribution is 5.41. The average Bonchev–Trinajstić information content (AvgIpc) is 2.24. The van der Waals surface area contributed by atoms with Gasteiger partial charge in [0, 0.05) is 24.7 Å². The Morgan fingerprint density at radius 1 is 1.25 bits per heavy atom. The zero-order valence-corrected chi connectivity index (χ0v) is 10.5. The Kier molecular flexibility index (Phi) is 4.55. The van der Waals surface area contributed by atoms with Gasteiger partial charge in [0.1, 0.15) is 0 Å². The zero-order valence-electron chi connectivity index (χ0n) is 10.5. The number of rotatable bonds is 5. The fourth-order valence-electron chi connectivity index (χ4n) is 1.25. The number of hydrogen-bond donors (Lipinski definition) is 2. The number of anilines is 1. The van der Waals surface area contributed by atoms with E-state index in [9.17, 15) is 0 Å². The minimum atomic E-state index is 0.167. The van der Waals surface area contributed by atoms with E-state index < -0.39 is 0 Å². The van der Waals surface area contributed by atoms with Gasteiger partial charge in [0.25, 0.3) is 0 Å². The molecule has 90 valence electrons. The lowest BCUT2D eigenvalue weighted by molar-refractivity contribution is 0.398. The Balaban J connectivity index is 2.27. The number of nitrogens with zero attached hydrogens (tertiary/aromatic N) is 1. The van der Waals surface area contributed by atoms with Gasteiger partial charge in [-0.05, 0) is 26.8 Å². The average molecular weight is 223 g/mol. The van der Waals surface area contributed by atoms with Crippen molar-refractivity contribution in [3.05, 3.63) is 18.3 Å². The Morgan fingerprint density at radius 2 is 2.00 bits per heavy atom. The van der Waals surface area contributed by atoms with Crippen molar-refractivity contribution in [1.82, 2.24) is 10.3 Å². The molecular weight excluding hydrogens is 202 g/mol. The number of methoxy groups -OCH3 is 1. The van der Waals surface area contributed by atoms with Gasteiger partial charge in [0.2, 0.25) is 5.88 Å². The van der Waals surface area contributed by atoms with E-state index in [-0.39, 0.29) is 5.54 Å². The quantitative estimate of drug-likeness (QED) is 0.748. The van der Waals surface area contributed by atoms with Gasteiger partial charge in [-0.15, -0.1) is 0 Å². The first-order valence-corrected chi connectivity index (χ1v) is 5.50. The summed E-state index contributed by atoms with van der Waals surface area (Å²) in [5.74, 6) is 0.637. The molecule has 0 aliphatic heterocycles. The highest BCUT2D eigenvalue weighted by Gasteiger charge is 2.06. The standard InChI is InChI=1S/C12H21N3O/c1-12(2,3)15-8-7-13-10-5-6-11(16-4)14-9-10/h5-6,9,13,15H,7-8H2,1-4H3. The van der Waals surface area contributed by atoms with Crippen molar-refractivity contribution >= 4 is 5.69 Å². The predicted molar refractivity (Wildman–Crippen MR) is 67.0 cm³/mol. The van der Waals surface area contributed by atoms with Gasteiger partial charge in [0.05, 0.1) is 19.0 Å². The Hall–Kier alpha value is -1.29. The molecule has 0 saturated carbocycles. The van der Waals surface area contributed by atoms with Crippen molar-refractivity contribution in [2.45, 2.75) is 26.3 Å². The van der Waals surface area contributed by atoms with Gasteiger partial charge >= 0.3 is 0 Å². The second kappa shape index (κ2) is 5.70. The lowest BCUT2D eigenvalue weighted by Gasteiger charge is -2.20. The Morgan fingerprint density at radius 3 is 2.50 bits per heavy atom. The molecule has 1 aromatic rings. The fraction of sp³-hybridized carbons (Fsp3) is 0.583. The summed E-state index contributed by atoms with van der Waals surface area (Å²) in [5.41, 5.74) is 1.18. The zero-order chi connectivity index (χ0) is 12.0. The van der Waals surface area contributed by atoms with Crippen LogP contribution >= 0.6 is 0 Å². The second-order valence-corrected chi connectivity index (χ2v) is 4.69. The molecule has 1 aromatic heterocycles. The molecule has 0 spiro atoms. The minimum Gasteiger partial charge on any atom is -0.481 e. The lowest BCUT2D eigenvalue weighted by atomic mass is 10.1. The third-order valence-corrected chi connectivity index (χ3v) is 2.05. The van der Waals surface area contributed by atoms with Crippen molar-refractivity contribution in [2.24, 2.45) is 0 Å². The normalized spacial score (nSPS) is 11.2. The fourth-order valence-corrected chi connectivity index (χ4v) is 1.25. The van der Waals surface area contributed by atoms with Crippen LogP contribution in [0.1, 0.15) is 20.8 Å². The summed E-state index contributed by atoms with van der Waals surface area (Å²) < 4.78 is 4.99. The molecule has 0 saturated heterocycles. The summed E-state index contributed by atoms with van der Waals surface area (Å²) in [6.07, 6.45) is 1.77. The summed E-state index contributed by atoms with van der Waals surface area (Å²) in [6, 6.07) is 3.81. The van der Waals surface area contributed by atoms with Crippen LogP contribution in [0.15, 0.2) is 18.3 Å². The van der Waals surface area contributed by atoms with Crippen LogP contribution in [-0.2, 0) is 0 Å². The largest absolute Gasteiger partial charge is 0.481 e. The first-order valence-electron chi connectivity index (χ1n) is 5.50. The highest BCUT2D eigenvalue weighted by atomic mass is 16.5. The van der Waals surface area contributed by atoms with Gasteiger partial charge in [-0.25, -0.2) is 4.98 Å². The first kappa shape index (κ1) is 12.8. The maximum atomic E-state index is 4.99. The van der Waals surface area contributed by atoms with Gasteiger partial charge in [-0.3, -0.25) is 0 Å². The van der Waals surface area contributed by atoms with E-state index >= 15 is 0 Å². The van der Waals surface area contributed by atoms with Crippen LogP contribution in [0.3, 0.4) is 0 Å². The molecule has 0 radical (unpaired) electrons. The summed E-state index contributed by atoms with van der Waals surface area (Å²) in [4.78, 5) is 4.12. The van der Waals surface area contributed by atoms with Crippen molar-refractivity contribution in [1.29, 1.82) is 0 Å². The molecule has 16 heavy (non-hydrogen) atoms. The SMILES string of the molecule is COc1ccc(NCCNC(C)(C)C)cn1. The molecule has 0 aliphatic rings. The third-order valence-electron chi connectivity index (χ3n) is 2.05. The van der Waals surface area contributed by atoms with Crippen molar-refractivity contribution < 1.29 is 4.74 Å². The van der Waals surface area contributed by atoms with E-state index in [0.717, 1.165) is 18.8 Å². The summed E-state index contributed by atoms with van der Waals surface area (Å²) in [5, 5.41) is 6.70. The van der Waals surface area contributed by atoms with Crippen LogP contribution in [0.2, 0.25) is 0 Å². The molecule has 1 heterocycles. The number of ether oxygens (including phenoxy) is 1. The van der Waals surface area contributed by atoms with Crippen LogP contribution < -0.4 is 15.4 Å². The van der Waals surface area contributed by atoms with E-state index in [0.29, 0.717) is 5.88 Å². The lowest BCUT2D eigenvalue weighted by Crippen LogP contribution is -2.38. The molecular formula is C12H21N3O. The molecule has 0 fully saturated rings. The van der Waals surface area contributed by atoms with Crippen molar-refractivity contribution in [3.8, 4) is 5.88 Å². The summed E-state index contributed by atoms with van der Waals surface area (Å²) >= 11 is 0. The molecule has 1 rings (SSSR count). The van der Waals surface area contributed by atoms with Crippen LogP contribution in [0, 0.1) is 0 Å². The number of hydrogen-bond acceptors (Lipinski definition) is 4. The van der Waals surface area contributed by atoms with E-state index in [2.05, 4.69) is 36.4 Å². The molecule has 0 amide bonds. The molecule has 0 unspecified atom stereocenters. The Labute approximate surface area is 97.4 Å². The molecule has 0 bridgehead atoms. The number of pyridine rings is 1. The second-order valence-electron chi connectivity index (χ2n) is 4.69. The maximum absolute atomic E-state index is 4.99. The molecule has 4 nitrogen and oxygen atoms in total.